The van der Waals surface area contributed by atoms with E-state index >= 15 is 0 Å². The number of amides is 1. The van der Waals surface area contributed by atoms with Crippen molar-refractivity contribution in [3.63, 3.8) is 0 Å². The number of nitrogens with zero attached hydrogens (tertiary/aromatic N) is 3. The zero-order valence-electron chi connectivity index (χ0n) is 15.3. The van der Waals surface area contributed by atoms with E-state index in [0.29, 0.717) is 18.4 Å². The molecular weight excluding hydrogens is 302 g/mol. The van der Waals surface area contributed by atoms with E-state index in [1.165, 1.54) is 32.4 Å². The van der Waals surface area contributed by atoms with Crippen LogP contribution >= 0.6 is 0 Å². The molecule has 0 aromatic rings. The van der Waals surface area contributed by atoms with E-state index in [1.54, 1.807) is 0 Å². The molecule has 6 heteroatoms. The quantitative estimate of drug-likeness (QED) is 0.562. The van der Waals surface area contributed by atoms with Crippen LogP contribution in [0.15, 0.2) is 4.99 Å². The fourth-order valence-corrected chi connectivity index (χ4v) is 3.84. The smallest absolute Gasteiger partial charge is 0.222 e. The van der Waals surface area contributed by atoms with Gasteiger partial charge in [-0.2, -0.15) is 0 Å². The predicted octanol–water partition coefficient (Wildman–Crippen LogP) is 1.04. The Hall–Kier alpha value is -1.30. The molecule has 0 aromatic heterocycles. The van der Waals surface area contributed by atoms with Gasteiger partial charge in [0, 0.05) is 51.2 Å². The molecule has 0 radical (unpaired) electrons. The lowest BCUT2D eigenvalue weighted by atomic mass is 10.1. The van der Waals surface area contributed by atoms with Crippen LogP contribution in [0.25, 0.3) is 0 Å². The number of nitrogens with one attached hydrogen (secondary N) is 2. The molecule has 1 saturated carbocycles. The highest BCUT2D eigenvalue weighted by molar-refractivity contribution is 5.80. The summed E-state index contributed by atoms with van der Waals surface area (Å²) in [5.41, 5.74) is 0. The molecule has 2 heterocycles. The third kappa shape index (κ3) is 4.62. The van der Waals surface area contributed by atoms with E-state index in [2.05, 4.69) is 22.5 Å². The standard InChI is InChI=1S/C18H33N5O/c1-3-17(24)23-10-8-15(13-23)21-18(19-4-2)20-11-14-7-9-22(12-14)16-5-6-16/h14-16H,3-13H2,1-2H3,(H2,19,20,21). The topological polar surface area (TPSA) is 60.0 Å². The van der Waals surface area contributed by atoms with Crippen LogP contribution in [0, 0.1) is 5.92 Å². The number of aliphatic imine (C=N–C) groups is 1. The molecule has 0 bridgehead atoms. The van der Waals surface area contributed by atoms with Gasteiger partial charge in [-0.25, -0.2) is 0 Å². The van der Waals surface area contributed by atoms with Gasteiger partial charge < -0.3 is 20.4 Å². The van der Waals surface area contributed by atoms with Crippen LogP contribution in [0.1, 0.15) is 46.0 Å². The van der Waals surface area contributed by atoms with Crippen LogP contribution in [0.5, 0.6) is 0 Å². The summed E-state index contributed by atoms with van der Waals surface area (Å²) >= 11 is 0. The maximum Gasteiger partial charge on any atom is 0.222 e. The van der Waals surface area contributed by atoms with Crippen molar-refractivity contribution < 1.29 is 4.79 Å². The zero-order valence-corrected chi connectivity index (χ0v) is 15.3. The Balaban J connectivity index is 1.46. The Morgan fingerprint density at radius 1 is 1.12 bits per heavy atom. The van der Waals surface area contributed by atoms with Gasteiger partial charge in [0.05, 0.1) is 0 Å². The second-order valence-corrected chi connectivity index (χ2v) is 7.42. The first-order valence-electron chi connectivity index (χ1n) is 9.76. The minimum Gasteiger partial charge on any atom is -0.357 e. The van der Waals surface area contributed by atoms with E-state index < -0.39 is 0 Å². The number of rotatable bonds is 6. The van der Waals surface area contributed by atoms with E-state index in [4.69, 9.17) is 4.99 Å². The number of carbonyl (C=O) groups excluding carboxylic acids is 1. The van der Waals surface area contributed by atoms with Crippen molar-refractivity contribution in [1.29, 1.82) is 0 Å². The third-order valence-corrected chi connectivity index (χ3v) is 5.42. The lowest BCUT2D eigenvalue weighted by Gasteiger charge is -2.19. The van der Waals surface area contributed by atoms with Crippen LogP contribution in [0.4, 0.5) is 0 Å². The Kier molecular flexibility index (Phi) is 5.98. The first-order valence-corrected chi connectivity index (χ1v) is 9.76. The van der Waals surface area contributed by atoms with Gasteiger partial charge >= 0.3 is 0 Å². The van der Waals surface area contributed by atoms with E-state index in [9.17, 15) is 4.79 Å². The molecule has 2 atom stereocenters. The lowest BCUT2D eigenvalue weighted by molar-refractivity contribution is -0.129. The first-order chi connectivity index (χ1) is 11.7. The summed E-state index contributed by atoms with van der Waals surface area (Å²) in [5.74, 6) is 1.87. The second-order valence-electron chi connectivity index (χ2n) is 7.42. The molecule has 136 valence electrons. The van der Waals surface area contributed by atoms with Crippen LogP contribution < -0.4 is 10.6 Å². The normalized spacial score (nSPS) is 28.4. The number of hydrogen-bond acceptors (Lipinski definition) is 3. The SMILES string of the molecule is CCNC(=NCC1CCN(C2CC2)C1)NC1CCN(C(=O)CC)C1. The number of guanidine groups is 1. The third-order valence-electron chi connectivity index (χ3n) is 5.42. The molecule has 2 N–H and O–H groups in total. The molecule has 24 heavy (non-hydrogen) atoms. The van der Waals surface area contributed by atoms with Gasteiger partial charge in [0.2, 0.25) is 5.91 Å². The molecule has 2 unspecified atom stereocenters. The summed E-state index contributed by atoms with van der Waals surface area (Å²) in [6, 6.07) is 1.20. The maximum absolute atomic E-state index is 11.8. The van der Waals surface area contributed by atoms with E-state index in [-0.39, 0.29) is 5.91 Å². The van der Waals surface area contributed by atoms with Crippen LogP contribution in [0.2, 0.25) is 0 Å². The maximum atomic E-state index is 11.8. The molecule has 3 fully saturated rings. The van der Waals surface area contributed by atoms with Gasteiger partial charge in [-0.15, -0.1) is 0 Å². The molecule has 6 nitrogen and oxygen atoms in total. The molecule has 0 spiro atoms. The van der Waals surface area contributed by atoms with Crippen molar-refractivity contribution in [2.24, 2.45) is 10.9 Å². The minimum absolute atomic E-state index is 0.257. The van der Waals surface area contributed by atoms with Crippen molar-refractivity contribution in [3.8, 4) is 0 Å². The Bertz CT molecular complexity index is 462. The highest BCUT2D eigenvalue weighted by Crippen LogP contribution is 2.31. The van der Waals surface area contributed by atoms with Gasteiger partial charge in [-0.05, 0) is 45.1 Å². The van der Waals surface area contributed by atoms with Crippen LogP contribution in [0.3, 0.4) is 0 Å². The molecule has 3 rings (SSSR count). The fourth-order valence-electron chi connectivity index (χ4n) is 3.84. The summed E-state index contributed by atoms with van der Waals surface area (Å²) < 4.78 is 0. The Labute approximate surface area is 146 Å². The summed E-state index contributed by atoms with van der Waals surface area (Å²) in [6.07, 6.45) is 5.68. The average Bonchev–Trinajstić information content (AvgIpc) is 3.15. The number of likely N-dealkylation sites (tertiary alicyclic amines) is 2. The number of hydrogen-bond donors (Lipinski definition) is 2. The molecule has 2 aliphatic heterocycles. The summed E-state index contributed by atoms with van der Waals surface area (Å²) in [6.45, 7) is 9.95. The molecule has 3 aliphatic rings. The van der Waals surface area contributed by atoms with Gasteiger partial charge in [0.25, 0.3) is 0 Å². The largest absolute Gasteiger partial charge is 0.357 e. The Morgan fingerprint density at radius 3 is 2.67 bits per heavy atom. The highest BCUT2D eigenvalue weighted by Gasteiger charge is 2.34. The Morgan fingerprint density at radius 2 is 1.96 bits per heavy atom. The molecule has 1 aliphatic carbocycles. The molecular formula is C18H33N5O. The van der Waals surface area contributed by atoms with Crippen molar-refractivity contribution in [3.05, 3.63) is 0 Å². The summed E-state index contributed by atoms with van der Waals surface area (Å²) in [5, 5.41) is 6.89. The van der Waals surface area contributed by atoms with Gasteiger partial charge in [0.1, 0.15) is 0 Å². The predicted molar refractivity (Wildman–Crippen MR) is 97.1 cm³/mol. The van der Waals surface area contributed by atoms with Crippen molar-refractivity contribution >= 4 is 11.9 Å². The van der Waals surface area contributed by atoms with E-state index in [0.717, 1.165) is 44.6 Å². The van der Waals surface area contributed by atoms with E-state index in [1.807, 2.05) is 11.8 Å². The van der Waals surface area contributed by atoms with Crippen molar-refractivity contribution in [2.45, 2.75) is 58.0 Å². The molecule has 2 saturated heterocycles. The molecule has 1 amide bonds. The highest BCUT2D eigenvalue weighted by atomic mass is 16.2. The van der Waals surface area contributed by atoms with Crippen molar-refractivity contribution in [1.82, 2.24) is 20.4 Å². The van der Waals surface area contributed by atoms with Crippen LogP contribution in [-0.4, -0.2) is 73.0 Å². The zero-order chi connectivity index (χ0) is 16.9. The monoisotopic (exact) mass is 335 g/mol. The summed E-state index contributed by atoms with van der Waals surface area (Å²) in [4.78, 5) is 21.2. The fraction of sp³-hybridized carbons (Fsp3) is 0.889. The molecule has 0 aromatic carbocycles. The average molecular weight is 335 g/mol. The van der Waals surface area contributed by atoms with Crippen LogP contribution in [-0.2, 0) is 4.79 Å². The van der Waals surface area contributed by atoms with Gasteiger partial charge in [-0.3, -0.25) is 9.79 Å². The number of carbonyl (C=O) groups is 1. The first kappa shape index (κ1) is 17.5. The van der Waals surface area contributed by atoms with Gasteiger partial charge in [-0.1, -0.05) is 6.92 Å². The minimum atomic E-state index is 0.257. The summed E-state index contributed by atoms with van der Waals surface area (Å²) in [7, 11) is 0. The van der Waals surface area contributed by atoms with Crippen molar-refractivity contribution in [2.75, 3.05) is 39.3 Å². The van der Waals surface area contributed by atoms with Gasteiger partial charge in [0.15, 0.2) is 5.96 Å². The second kappa shape index (κ2) is 8.19. The lowest BCUT2D eigenvalue weighted by Crippen LogP contribution is -2.45.